The number of ether oxygens (including phenoxy) is 1. The summed E-state index contributed by atoms with van der Waals surface area (Å²) in [6.45, 7) is 12.3. The van der Waals surface area contributed by atoms with Crippen LogP contribution in [0.5, 0.6) is 5.75 Å². The minimum atomic E-state index is 0.320. The quantitative estimate of drug-likeness (QED) is 0.924. The number of nitrogens with one attached hydrogen (secondary N) is 1. The first-order valence-electron chi connectivity index (χ1n) is 8.76. The highest BCUT2D eigenvalue weighted by atomic mass is 16.5. The molecular weight excluding hydrogens is 272 g/mol. The second-order valence-electron chi connectivity index (χ2n) is 7.55. The summed E-state index contributed by atoms with van der Waals surface area (Å²) in [5, 5.41) is 3.44. The molecule has 0 unspecified atom stereocenters. The van der Waals surface area contributed by atoms with Gasteiger partial charge in [-0.05, 0) is 69.9 Å². The Hall–Kier alpha value is -1.06. The monoisotopic (exact) mass is 302 g/mol. The number of hydrogen-bond acceptors (Lipinski definition) is 3. The highest BCUT2D eigenvalue weighted by molar-refractivity contribution is 5.41. The first-order valence-corrected chi connectivity index (χ1v) is 8.76. The van der Waals surface area contributed by atoms with Crippen LogP contribution >= 0.6 is 0 Å². The fourth-order valence-corrected chi connectivity index (χ4v) is 3.61. The lowest BCUT2D eigenvalue weighted by molar-refractivity contribution is 0.0549. The van der Waals surface area contributed by atoms with E-state index in [1.165, 1.54) is 37.1 Å². The Morgan fingerprint density at radius 3 is 2.77 bits per heavy atom. The van der Waals surface area contributed by atoms with E-state index >= 15 is 0 Å². The molecule has 1 aromatic rings. The summed E-state index contributed by atoms with van der Waals surface area (Å²) >= 11 is 0. The first-order chi connectivity index (χ1) is 10.6. The number of piperidine rings is 1. The Labute approximate surface area is 135 Å². The molecule has 0 spiro atoms. The summed E-state index contributed by atoms with van der Waals surface area (Å²) in [5.74, 6) is 1.12. The highest BCUT2D eigenvalue weighted by Gasteiger charge is 2.32. The van der Waals surface area contributed by atoms with Gasteiger partial charge in [0.25, 0.3) is 0 Å². The molecule has 22 heavy (non-hydrogen) atoms. The average molecular weight is 302 g/mol. The van der Waals surface area contributed by atoms with Crippen LogP contribution in [0.3, 0.4) is 0 Å². The van der Waals surface area contributed by atoms with Gasteiger partial charge < -0.3 is 15.0 Å². The number of rotatable bonds is 4. The van der Waals surface area contributed by atoms with E-state index in [9.17, 15) is 0 Å². The second kappa shape index (κ2) is 6.59. The van der Waals surface area contributed by atoms with Crippen LogP contribution < -0.4 is 10.1 Å². The van der Waals surface area contributed by atoms with Crippen LogP contribution in [0.4, 0.5) is 0 Å². The van der Waals surface area contributed by atoms with E-state index < -0.39 is 0 Å². The van der Waals surface area contributed by atoms with Crippen molar-refractivity contribution in [2.24, 2.45) is 5.41 Å². The zero-order valence-corrected chi connectivity index (χ0v) is 14.3. The van der Waals surface area contributed by atoms with Crippen LogP contribution in [-0.2, 0) is 13.0 Å². The van der Waals surface area contributed by atoms with Gasteiger partial charge in [-0.3, -0.25) is 0 Å². The second-order valence-corrected chi connectivity index (χ2v) is 7.55. The van der Waals surface area contributed by atoms with E-state index in [1.54, 1.807) is 0 Å². The Morgan fingerprint density at radius 2 is 2.05 bits per heavy atom. The Kier molecular flexibility index (Phi) is 4.74. The van der Waals surface area contributed by atoms with Gasteiger partial charge in [-0.1, -0.05) is 19.1 Å². The molecule has 1 fully saturated rings. The molecule has 1 N–H and O–H groups in total. The Morgan fingerprint density at radius 1 is 1.27 bits per heavy atom. The molecule has 0 bridgehead atoms. The van der Waals surface area contributed by atoms with Gasteiger partial charge in [0, 0.05) is 18.0 Å². The van der Waals surface area contributed by atoms with Gasteiger partial charge >= 0.3 is 0 Å². The van der Waals surface area contributed by atoms with E-state index in [0.717, 1.165) is 31.9 Å². The fourth-order valence-electron chi connectivity index (χ4n) is 3.61. The maximum absolute atomic E-state index is 6.30. The number of nitrogens with zero attached hydrogens (tertiary/aromatic N) is 1. The molecule has 1 aromatic carbocycles. The van der Waals surface area contributed by atoms with E-state index in [0.29, 0.717) is 11.5 Å². The zero-order chi connectivity index (χ0) is 15.6. The van der Waals surface area contributed by atoms with Gasteiger partial charge in [0.05, 0.1) is 6.61 Å². The van der Waals surface area contributed by atoms with Crippen molar-refractivity contribution in [1.29, 1.82) is 0 Å². The number of benzene rings is 1. The predicted molar refractivity (Wildman–Crippen MR) is 91.4 cm³/mol. The first kappa shape index (κ1) is 15.8. The molecule has 1 saturated heterocycles. The smallest absolute Gasteiger partial charge is 0.122 e. The van der Waals surface area contributed by atoms with Crippen molar-refractivity contribution in [3.8, 4) is 5.75 Å². The van der Waals surface area contributed by atoms with Crippen molar-refractivity contribution >= 4 is 0 Å². The van der Waals surface area contributed by atoms with Gasteiger partial charge in [0.2, 0.25) is 0 Å². The van der Waals surface area contributed by atoms with E-state index in [1.807, 2.05) is 0 Å². The number of hydrogen-bond donors (Lipinski definition) is 1. The Balaban J connectivity index is 1.61. The van der Waals surface area contributed by atoms with E-state index in [2.05, 4.69) is 49.2 Å². The van der Waals surface area contributed by atoms with Gasteiger partial charge in [0.15, 0.2) is 0 Å². The van der Waals surface area contributed by atoms with Crippen molar-refractivity contribution in [2.45, 2.75) is 52.6 Å². The topological polar surface area (TPSA) is 24.5 Å². The molecule has 0 amide bonds. The molecule has 2 aliphatic heterocycles. The minimum absolute atomic E-state index is 0.320. The summed E-state index contributed by atoms with van der Waals surface area (Å²) in [7, 11) is 0. The maximum Gasteiger partial charge on any atom is 0.122 e. The lowest BCUT2D eigenvalue weighted by Gasteiger charge is -2.41. The molecule has 0 aliphatic carbocycles. The van der Waals surface area contributed by atoms with Crippen molar-refractivity contribution < 1.29 is 4.74 Å². The van der Waals surface area contributed by atoms with Crippen molar-refractivity contribution in [1.82, 2.24) is 10.2 Å². The third-order valence-corrected chi connectivity index (χ3v) is 5.41. The van der Waals surface area contributed by atoms with E-state index in [4.69, 9.17) is 4.74 Å². The van der Waals surface area contributed by atoms with E-state index in [-0.39, 0.29) is 0 Å². The molecule has 122 valence electrons. The number of fused-ring (bicyclic) bond motifs is 1. The molecule has 0 atom stereocenters. The summed E-state index contributed by atoms with van der Waals surface area (Å²) < 4.78 is 6.30. The van der Waals surface area contributed by atoms with Gasteiger partial charge in [0.1, 0.15) is 5.75 Å². The molecule has 0 saturated carbocycles. The molecule has 3 rings (SSSR count). The number of likely N-dealkylation sites (tertiary alicyclic amines) is 1. The summed E-state index contributed by atoms with van der Waals surface area (Å²) in [6, 6.07) is 7.16. The lowest BCUT2D eigenvalue weighted by atomic mass is 9.81. The van der Waals surface area contributed by atoms with Crippen LogP contribution in [0.2, 0.25) is 0 Å². The van der Waals surface area contributed by atoms with Gasteiger partial charge in [-0.15, -0.1) is 0 Å². The van der Waals surface area contributed by atoms with Crippen LogP contribution in [0, 0.1) is 5.41 Å². The lowest BCUT2D eigenvalue weighted by Crippen LogP contribution is -2.44. The van der Waals surface area contributed by atoms with Gasteiger partial charge in [-0.25, -0.2) is 0 Å². The molecular formula is C19H30N2O. The molecule has 2 heterocycles. The summed E-state index contributed by atoms with van der Waals surface area (Å²) in [6.07, 6.45) is 3.56. The average Bonchev–Trinajstić information content (AvgIpc) is 2.53. The van der Waals surface area contributed by atoms with Crippen LogP contribution in [-0.4, -0.2) is 37.2 Å². The third kappa shape index (κ3) is 3.47. The minimum Gasteiger partial charge on any atom is -0.493 e. The highest BCUT2D eigenvalue weighted by Crippen LogP contribution is 2.34. The Bertz CT molecular complexity index is 504. The van der Waals surface area contributed by atoms with Crippen molar-refractivity contribution in [3.63, 3.8) is 0 Å². The van der Waals surface area contributed by atoms with Crippen molar-refractivity contribution in [2.75, 3.05) is 26.2 Å². The van der Waals surface area contributed by atoms with Crippen LogP contribution in [0.25, 0.3) is 0 Å². The standard InChI is InChI=1S/C19H30N2O/c1-15(2)21-11-8-19(3,9-12-21)14-22-18-6-4-5-16-13-20-10-7-17(16)18/h4-6,15,20H,7-14H2,1-3H3. The predicted octanol–water partition coefficient (Wildman–Crippen LogP) is 3.22. The fraction of sp³-hybridized carbons (Fsp3) is 0.684. The zero-order valence-electron chi connectivity index (χ0n) is 14.3. The third-order valence-electron chi connectivity index (χ3n) is 5.41. The SMILES string of the molecule is CC(C)N1CCC(C)(COc2cccc3c2CCNC3)CC1. The molecule has 2 aliphatic rings. The molecule has 0 aromatic heterocycles. The molecule has 3 heteroatoms. The maximum atomic E-state index is 6.30. The van der Waals surface area contributed by atoms with Crippen LogP contribution in [0.1, 0.15) is 44.7 Å². The normalized spacial score (nSPS) is 21.6. The summed E-state index contributed by atoms with van der Waals surface area (Å²) in [5.41, 5.74) is 3.15. The summed E-state index contributed by atoms with van der Waals surface area (Å²) in [4.78, 5) is 2.58. The molecule has 0 radical (unpaired) electrons. The van der Waals surface area contributed by atoms with Gasteiger partial charge in [-0.2, -0.15) is 0 Å². The van der Waals surface area contributed by atoms with Crippen LogP contribution in [0.15, 0.2) is 18.2 Å². The van der Waals surface area contributed by atoms with Crippen molar-refractivity contribution in [3.05, 3.63) is 29.3 Å². The molecule has 3 nitrogen and oxygen atoms in total. The largest absolute Gasteiger partial charge is 0.493 e.